The maximum Gasteiger partial charge on any atom is 0.238 e. The number of hydrogen-bond donors (Lipinski definition) is 1. The molecule has 0 aromatic heterocycles. The van der Waals surface area contributed by atoms with E-state index in [-0.39, 0.29) is 5.91 Å². The number of amides is 1. The van der Waals surface area contributed by atoms with Crippen LogP contribution >= 0.6 is 0 Å². The quantitative estimate of drug-likeness (QED) is 0.724. The van der Waals surface area contributed by atoms with E-state index in [2.05, 4.69) is 50.9 Å². The van der Waals surface area contributed by atoms with Crippen molar-refractivity contribution in [1.29, 1.82) is 0 Å². The summed E-state index contributed by atoms with van der Waals surface area (Å²) in [5.74, 6) is 0.0962. The van der Waals surface area contributed by atoms with E-state index in [9.17, 15) is 4.79 Å². The number of piperidine rings is 1. The Labute approximate surface area is 188 Å². The number of benzene rings is 1. The number of hydrogen-bond acceptors (Lipinski definition) is 5. The average molecular weight is 428 g/mol. The van der Waals surface area contributed by atoms with Gasteiger partial charge in [-0.25, -0.2) is 0 Å². The summed E-state index contributed by atoms with van der Waals surface area (Å²) in [6.07, 6.45) is 6.58. The molecule has 4 rings (SSSR count). The first kappa shape index (κ1) is 22.6. The fraction of sp³-hybridized carbons (Fsp3) is 0.720. The molecule has 31 heavy (non-hydrogen) atoms. The van der Waals surface area contributed by atoms with E-state index in [1.54, 1.807) is 0 Å². The highest BCUT2D eigenvalue weighted by molar-refractivity contribution is 5.92. The lowest BCUT2D eigenvalue weighted by molar-refractivity contribution is -0.117. The number of nitrogens with zero attached hydrogens (tertiary/aromatic N) is 4. The third kappa shape index (κ3) is 6.21. The number of piperazine rings is 1. The van der Waals surface area contributed by atoms with E-state index in [1.165, 1.54) is 44.3 Å². The van der Waals surface area contributed by atoms with Crippen LogP contribution < -0.4 is 10.2 Å². The second-order valence-electron chi connectivity index (χ2n) is 9.77. The first-order chi connectivity index (χ1) is 15.1. The molecule has 1 amide bonds. The van der Waals surface area contributed by atoms with Crippen LogP contribution in [-0.2, 0) is 4.79 Å². The molecule has 0 aliphatic carbocycles. The molecule has 2 atom stereocenters. The molecule has 3 fully saturated rings. The van der Waals surface area contributed by atoms with Gasteiger partial charge < -0.3 is 10.2 Å². The Kier molecular flexibility index (Phi) is 7.86. The maximum absolute atomic E-state index is 12.5. The van der Waals surface area contributed by atoms with Crippen LogP contribution in [0.3, 0.4) is 0 Å². The van der Waals surface area contributed by atoms with Crippen LogP contribution in [0.1, 0.15) is 46.0 Å². The molecule has 3 aliphatic heterocycles. The van der Waals surface area contributed by atoms with Gasteiger partial charge in [0.2, 0.25) is 5.91 Å². The van der Waals surface area contributed by atoms with E-state index in [4.69, 9.17) is 0 Å². The van der Waals surface area contributed by atoms with Crippen molar-refractivity contribution >= 4 is 17.3 Å². The van der Waals surface area contributed by atoms with Crippen LogP contribution in [-0.4, -0.2) is 91.6 Å². The van der Waals surface area contributed by atoms with Gasteiger partial charge in [0, 0.05) is 75.8 Å². The number of rotatable bonds is 7. The molecule has 1 aromatic carbocycles. The van der Waals surface area contributed by atoms with Crippen molar-refractivity contribution in [2.75, 3.05) is 69.1 Å². The highest BCUT2D eigenvalue weighted by Crippen LogP contribution is 2.23. The third-order valence-electron chi connectivity index (χ3n) is 7.51. The normalized spacial score (nSPS) is 26.3. The van der Waals surface area contributed by atoms with Crippen LogP contribution in [0.5, 0.6) is 0 Å². The fourth-order valence-electron chi connectivity index (χ4n) is 5.43. The molecule has 0 radical (unpaired) electrons. The Bertz CT molecular complexity index is 684. The van der Waals surface area contributed by atoms with Gasteiger partial charge in [-0.15, -0.1) is 0 Å². The zero-order valence-corrected chi connectivity index (χ0v) is 19.6. The summed E-state index contributed by atoms with van der Waals surface area (Å²) < 4.78 is 0. The summed E-state index contributed by atoms with van der Waals surface area (Å²) in [4.78, 5) is 22.5. The summed E-state index contributed by atoms with van der Waals surface area (Å²) in [6.45, 7) is 13.9. The monoisotopic (exact) mass is 427 g/mol. The average Bonchev–Trinajstić information content (AvgIpc) is 3.11. The van der Waals surface area contributed by atoms with Gasteiger partial charge in [-0.2, -0.15) is 0 Å². The summed E-state index contributed by atoms with van der Waals surface area (Å²) in [6, 6.07) is 9.83. The summed E-state index contributed by atoms with van der Waals surface area (Å²) in [7, 11) is 0. The van der Waals surface area contributed by atoms with Gasteiger partial charge in [0.1, 0.15) is 0 Å². The van der Waals surface area contributed by atoms with Crippen LogP contribution in [0, 0.1) is 0 Å². The molecule has 3 heterocycles. The van der Waals surface area contributed by atoms with Crippen LogP contribution in [0.25, 0.3) is 0 Å². The van der Waals surface area contributed by atoms with Crippen LogP contribution in [0.2, 0.25) is 0 Å². The molecular weight excluding hydrogens is 386 g/mol. The van der Waals surface area contributed by atoms with Crippen LogP contribution in [0.15, 0.2) is 24.3 Å². The van der Waals surface area contributed by atoms with Gasteiger partial charge in [0.15, 0.2) is 0 Å². The van der Waals surface area contributed by atoms with Gasteiger partial charge >= 0.3 is 0 Å². The van der Waals surface area contributed by atoms with Crippen molar-refractivity contribution in [1.82, 2.24) is 14.7 Å². The molecular formula is C25H41N5O. The highest BCUT2D eigenvalue weighted by atomic mass is 16.2. The number of carbonyl (C=O) groups excluding carboxylic acids is 1. The minimum Gasteiger partial charge on any atom is -0.372 e. The molecule has 0 saturated carbocycles. The molecule has 2 unspecified atom stereocenters. The molecule has 1 aromatic rings. The standard InChI is InChI=1S/C25H41N5O/c1-21-6-7-22(2)30(21)19-18-27-14-16-28(17-15-27)20-25(31)26-23-8-10-24(11-9-23)29-12-4-3-5-13-29/h8-11,21-22H,3-7,12-20H2,1-2H3,(H,26,31). The summed E-state index contributed by atoms with van der Waals surface area (Å²) >= 11 is 0. The lowest BCUT2D eigenvalue weighted by Gasteiger charge is -2.36. The summed E-state index contributed by atoms with van der Waals surface area (Å²) in [5.41, 5.74) is 2.17. The van der Waals surface area contributed by atoms with Crippen molar-refractivity contribution in [3.05, 3.63) is 24.3 Å². The minimum absolute atomic E-state index is 0.0962. The molecule has 0 spiro atoms. The van der Waals surface area contributed by atoms with Crippen molar-refractivity contribution in [2.45, 2.75) is 58.0 Å². The molecule has 6 heteroatoms. The Morgan fingerprint density at radius 2 is 1.45 bits per heavy atom. The number of anilines is 2. The Morgan fingerprint density at radius 3 is 2.10 bits per heavy atom. The SMILES string of the molecule is CC1CCC(C)N1CCN1CCN(CC(=O)Nc2ccc(N3CCCCC3)cc2)CC1. The zero-order chi connectivity index (χ0) is 21.6. The Hall–Kier alpha value is -1.63. The Balaban J connectivity index is 1.15. The van der Waals surface area contributed by atoms with E-state index in [0.29, 0.717) is 6.54 Å². The van der Waals surface area contributed by atoms with Crippen molar-refractivity contribution in [3.63, 3.8) is 0 Å². The minimum atomic E-state index is 0.0962. The highest BCUT2D eigenvalue weighted by Gasteiger charge is 2.27. The molecule has 0 bridgehead atoms. The molecule has 3 aliphatic rings. The topological polar surface area (TPSA) is 42.1 Å². The smallest absolute Gasteiger partial charge is 0.238 e. The second-order valence-corrected chi connectivity index (χ2v) is 9.77. The lowest BCUT2D eigenvalue weighted by atomic mass is 10.1. The third-order valence-corrected chi connectivity index (χ3v) is 7.51. The van der Waals surface area contributed by atoms with E-state index >= 15 is 0 Å². The second kappa shape index (κ2) is 10.8. The van der Waals surface area contributed by atoms with Gasteiger partial charge in [0.25, 0.3) is 0 Å². The molecule has 1 N–H and O–H groups in total. The number of carbonyl (C=O) groups is 1. The molecule has 3 saturated heterocycles. The predicted octanol–water partition coefficient (Wildman–Crippen LogP) is 3.11. The number of nitrogens with one attached hydrogen (secondary N) is 1. The fourth-order valence-corrected chi connectivity index (χ4v) is 5.43. The van der Waals surface area contributed by atoms with Crippen LogP contribution in [0.4, 0.5) is 11.4 Å². The number of likely N-dealkylation sites (tertiary alicyclic amines) is 1. The van der Waals surface area contributed by atoms with E-state index in [0.717, 1.165) is 63.6 Å². The van der Waals surface area contributed by atoms with Gasteiger partial charge in [0.05, 0.1) is 6.54 Å². The van der Waals surface area contributed by atoms with Gasteiger partial charge in [-0.05, 0) is 70.2 Å². The maximum atomic E-state index is 12.5. The van der Waals surface area contributed by atoms with Crippen molar-refractivity contribution in [2.24, 2.45) is 0 Å². The van der Waals surface area contributed by atoms with Crippen molar-refractivity contribution in [3.8, 4) is 0 Å². The van der Waals surface area contributed by atoms with E-state index in [1.807, 2.05) is 12.1 Å². The largest absolute Gasteiger partial charge is 0.372 e. The van der Waals surface area contributed by atoms with Gasteiger partial charge in [-0.3, -0.25) is 19.5 Å². The van der Waals surface area contributed by atoms with Gasteiger partial charge in [-0.1, -0.05) is 0 Å². The first-order valence-electron chi connectivity index (χ1n) is 12.4. The zero-order valence-electron chi connectivity index (χ0n) is 19.6. The van der Waals surface area contributed by atoms with Crippen molar-refractivity contribution < 1.29 is 4.79 Å². The lowest BCUT2D eigenvalue weighted by Crippen LogP contribution is -2.50. The molecule has 172 valence electrons. The molecule has 6 nitrogen and oxygen atoms in total. The predicted molar refractivity (Wildman–Crippen MR) is 129 cm³/mol. The summed E-state index contributed by atoms with van der Waals surface area (Å²) in [5, 5.41) is 3.08. The first-order valence-corrected chi connectivity index (χ1v) is 12.4. The Morgan fingerprint density at radius 1 is 0.839 bits per heavy atom. The van der Waals surface area contributed by atoms with E-state index < -0.39 is 0 Å².